The van der Waals surface area contributed by atoms with E-state index in [1.54, 1.807) is 27.3 Å². The minimum absolute atomic E-state index is 0. The number of ether oxygens (including phenoxy) is 2. The summed E-state index contributed by atoms with van der Waals surface area (Å²) in [6.07, 6.45) is 0.697. The Hall–Kier alpha value is -1.23. The van der Waals surface area contributed by atoms with Gasteiger partial charge in [-0.1, -0.05) is 0 Å². The highest BCUT2D eigenvalue weighted by molar-refractivity contribution is 14.0. The van der Waals surface area contributed by atoms with Gasteiger partial charge in [0.1, 0.15) is 0 Å². The van der Waals surface area contributed by atoms with Gasteiger partial charge in [-0.05, 0) is 24.5 Å². The van der Waals surface area contributed by atoms with E-state index in [4.69, 9.17) is 9.47 Å². The number of nitrogens with zero attached hydrogens (tertiary/aromatic N) is 1. The molecule has 1 fully saturated rings. The van der Waals surface area contributed by atoms with E-state index in [1.807, 2.05) is 12.1 Å². The van der Waals surface area contributed by atoms with E-state index in [0.29, 0.717) is 30.4 Å². The lowest BCUT2D eigenvalue weighted by molar-refractivity contribution is 0.355. The summed E-state index contributed by atoms with van der Waals surface area (Å²) in [6, 6.07) is 5.47. The molecule has 1 aromatic rings. The number of hydrogen-bond donors (Lipinski definition) is 2. The maximum Gasteiger partial charge on any atom is 0.195 e. The molecule has 0 bridgehead atoms. The largest absolute Gasteiger partial charge is 0.493 e. The van der Waals surface area contributed by atoms with Crippen LogP contribution in [-0.2, 0) is 9.84 Å². The maximum atomic E-state index is 11.5. The van der Waals surface area contributed by atoms with Crippen LogP contribution in [0.3, 0.4) is 0 Å². The van der Waals surface area contributed by atoms with E-state index in [1.165, 1.54) is 0 Å². The SMILES string of the molecule is CN=C(NCC1CCS(=O)(=O)C1)Nc1ccc(OC)c(OC)c1.I. The zero-order valence-corrected chi connectivity index (χ0v) is 17.2. The van der Waals surface area contributed by atoms with Crippen LogP contribution in [0.25, 0.3) is 0 Å². The summed E-state index contributed by atoms with van der Waals surface area (Å²) in [7, 11) is 1.97. The average molecular weight is 469 g/mol. The first-order valence-corrected chi connectivity index (χ1v) is 9.19. The molecule has 1 atom stereocenters. The van der Waals surface area contributed by atoms with Crippen LogP contribution in [-0.4, -0.2) is 53.7 Å². The Morgan fingerprint density at radius 2 is 2.00 bits per heavy atom. The molecule has 1 saturated heterocycles. The van der Waals surface area contributed by atoms with Gasteiger partial charge in [-0.15, -0.1) is 24.0 Å². The topological polar surface area (TPSA) is 89.0 Å². The fraction of sp³-hybridized carbons (Fsp3) is 0.533. The lowest BCUT2D eigenvalue weighted by Crippen LogP contribution is -2.35. The Bertz CT molecular complexity index is 679. The number of halogens is 1. The van der Waals surface area contributed by atoms with Gasteiger partial charge in [0.05, 0.1) is 25.7 Å². The molecule has 0 aromatic heterocycles. The minimum atomic E-state index is -2.86. The van der Waals surface area contributed by atoms with Crippen LogP contribution in [0, 0.1) is 5.92 Å². The van der Waals surface area contributed by atoms with Crippen LogP contribution >= 0.6 is 24.0 Å². The number of rotatable bonds is 5. The second kappa shape index (κ2) is 9.30. The monoisotopic (exact) mass is 469 g/mol. The highest BCUT2D eigenvalue weighted by atomic mass is 127. The van der Waals surface area contributed by atoms with Gasteiger partial charge >= 0.3 is 0 Å². The van der Waals surface area contributed by atoms with Gasteiger partial charge in [-0.2, -0.15) is 0 Å². The lowest BCUT2D eigenvalue weighted by Gasteiger charge is -2.15. The summed E-state index contributed by atoms with van der Waals surface area (Å²) >= 11 is 0. The highest BCUT2D eigenvalue weighted by Crippen LogP contribution is 2.29. The quantitative estimate of drug-likeness (QED) is 0.388. The van der Waals surface area contributed by atoms with Gasteiger partial charge < -0.3 is 20.1 Å². The average Bonchev–Trinajstić information content (AvgIpc) is 2.90. The van der Waals surface area contributed by atoms with Gasteiger partial charge in [0.2, 0.25) is 0 Å². The Labute approximate surface area is 160 Å². The number of hydrogen-bond acceptors (Lipinski definition) is 5. The van der Waals surface area contributed by atoms with E-state index < -0.39 is 9.84 Å². The van der Waals surface area contributed by atoms with E-state index in [0.717, 1.165) is 5.69 Å². The minimum Gasteiger partial charge on any atom is -0.493 e. The molecule has 136 valence electrons. The summed E-state index contributed by atoms with van der Waals surface area (Å²) in [5.41, 5.74) is 0.801. The molecule has 7 nitrogen and oxygen atoms in total. The van der Waals surface area contributed by atoms with Crippen molar-refractivity contribution in [1.29, 1.82) is 0 Å². The summed E-state index contributed by atoms with van der Waals surface area (Å²) < 4.78 is 33.4. The van der Waals surface area contributed by atoms with Crippen molar-refractivity contribution in [3.63, 3.8) is 0 Å². The standard InChI is InChI=1S/C15H23N3O4S.HI/c1-16-15(17-9-11-6-7-23(19,20)10-11)18-12-4-5-13(21-2)14(8-12)22-3;/h4-5,8,11H,6-7,9-10H2,1-3H3,(H2,16,17,18);1H. The third-order valence-corrected chi connectivity index (χ3v) is 5.59. The van der Waals surface area contributed by atoms with E-state index in [-0.39, 0.29) is 41.4 Å². The number of nitrogens with one attached hydrogen (secondary N) is 2. The van der Waals surface area contributed by atoms with Gasteiger partial charge in [0.15, 0.2) is 27.3 Å². The molecule has 0 saturated carbocycles. The van der Waals surface area contributed by atoms with E-state index in [2.05, 4.69) is 15.6 Å². The van der Waals surface area contributed by atoms with Crippen molar-refractivity contribution in [2.24, 2.45) is 10.9 Å². The molecule has 0 aliphatic carbocycles. The van der Waals surface area contributed by atoms with Gasteiger partial charge in [0, 0.05) is 25.3 Å². The second-order valence-corrected chi connectivity index (χ2v) is 7.65. The predicted molar refractivity (Wildman–Crippen MR) is 107 cm³/mol. The van der Waals surface area contributed by atoms with E-state index in [9.17, 15) is 8.42 Å². The van der Waals surface area contributed by atoms with Crippen molar-refractivity contribution in [1.82, 2.24) is 5.32 Å². The van der Waals surface area contributed by atoms with Crippen molar-refractivity contribution in [3.8, 4) is 11.5 Å². The summed E-state index contributed by atoms with van der Waals surface area (Å²) in [5, 5.41) is 6.32. The Kier molecular flexibility index (Phi) is 8.07. The molecule has 1 aromatic carbocycles. The maximum absolute atomic E-state index is 11.5. The van der Waals surface area contributed by atoms with Gasteiger partial charge in [0.25, 0.3) is 0 Å². The van der Waals surface area contributed by atoms with Gasteiger partial charge in [-0.25, -0.2) is 8.42 Å². The normalized spacial score (nSPS) is 19.3. The number of anilines is 1. The van der Waals surface area contributed by atoms with Crippen LogP contribution in [0.15, 0.2) is 23.2 Å². The highest BCUT2D eigenvalue weighted by Gasteiger charge is 2.27. The number of methoxy groups -OCH3 is 2. The van der Waals surface area contributed by atoms with Crippen molar-refractivity contribution in [2.45, 2.75) is 6.42 Å². The second-order valence-electron chi connectivity index (χ2n) is 5.42. The van der Waals surface area contributed by atoms with Crippen LogP contribution in [0.5, 0.6) is 11.5 Å². The van der Waals surface area contributed by atoms with Gasteiger partial charge in [-0.3, -0.25) is 4.99 Å². The molecular weight excluding hydrogens is 445 g/mol. The Morgan fingerprint density at radius 1 is 1.29 bits per heavy atom. The number of sulfone groups is 1. The van der Waals surface area contributed by atoms with Crippen molar-refractivity contribution >= 4 is 45.5 Å². The van der Waals surface area contributed by atoms with Crippen LogP contribution < -0.4 is 20.1 Å². The number of guanidine groups is 1. The Balaban J connectivity index is 0.00000288. The summed E-state index contributed by atoms with van der Waals surface area (Å²) in [4.78, 5) is 4.15. The molecule has 2 rings (SSSR count). The van der Waals surface area contributed by atoms with Crippen molar-refractivity contribution in [3.05, 3.63) is 18.2 Å². The van der Waals surface area contributed by atoms with Crippen molar-refractivity contribution in [2.75, 3.05) is 44.6 Å². The van der Waals surface area contributed by atoms with Crippen LogP contribution in [0.1, 0.15) is 6.42 Å². The molecule has 2 N–H and O–H groups in total. The Morgan fingerprint density at radius 3 is 2.54 bits per heavy atom. The molecular formula is C15H24IN3O4S. The fourth-order valence-electron chi connectivity index (χ4n) is 2.50. The van der Waals surface area contributed by atoms with Crippen molar-refractivity contribution < 1.29 is 17.9 Å². The molecule has 0 spiro atoms. The van der Waals surface area contributed by atoms with Crippen LogP contribution in [0.2, 0.25) is 0 Å². The molecule has 0 amide bonds. The first-order valence-electron chi connectivity index (χ1n) is 7.37. The number of aliphatic imine (C=N–C) groups is 1. The zero-order valence-electron chi connectivity index (χ0n) is 14.0. The van der Waals surface area contributed by atoms with Crippen LogP contribution in [0.4, 0.5) is 5.69 Å². The third-order valence-electron chi connectivity index (χ3n) is 3.75. The number of benzene rings is 1. The molecule has 9 heteroatoms. The molecule has 1 heterocycles. The molecule has 1 aliphatic rings. The fourth-order valence-corrected chi connectivity index (χ4v) is 4.37. The molecule has 24 heavy (non-hydrogen) atoms. The van der Waals surface area contributed by atoms with E-state index >= 15 is 0 Å². The first kappa shape index (κ1) is 20.8. The lowest BCUT2D eigenvalue weighted by atomic mass is 10.1. The third kappa shape index (κ3) is 5.69. The zero-order chi connectivity index (χ0) is 16.9. The predicted octanol–water partition coefficient (Wildman–Crippen LogP) is 1.74. The summed E-state index contributed by atoms with van der Waals surface area (Å²) in [5.74, 6) is 2.51. The first-order chi connectivity index (χ1) is 11.0. The molecule has 1 unspecified atom stereocenters. The smallest absolute Gasteiger partial charge is 0.195 e. The molecule has 0 radical (unpaired) electrons. The summed E-state index contributed by atoms with van der Waals surface area (Å²) in [6.45, 7) is 0.576. The molecule has 1 aliphatic heterocycles.